The smallest absolute Gasteiger partial charge is 0.308 e. The van der Waals surface area contributed by atoms with Crippen molar-refractivity contribution >= 4 is 18.0 Å². The molecule has 1 heterocycles. The van der Waals surface area contributed by atoms with Crippen molar-refractivity contribution in [1.82, 2.24) is 4.90 Å². The van der Waals surface area contributed by atoms with E-state index in [0.29, 0.717) is 18.7 Å². The lowest BCUT2D eigenvalue weighted by atomic mass is 9.95. The van der Waals surface area contributed by atoms with E-state index in [2.05, 4.69) is 12.2 Å². The number of hydrogen-bond donors (Lipinski definition) is 1. The fraction of sp³-hybridized carbons (Fsp3) is 0.412. The summed E-state index contributed by atoms with van der Waals surface area (Å²) in [6.07, 6.45) is 6.20. The highest BCUT2D eigenvalue weighted by Gasteiger charge is 2.37. The van der Waals surface area contributed by atoms with Gasteiger partial charge in [-0.25, -0.2) is 0 Å². The van der Waals surface area contributed by atoms with Crippen molar-refractivity contribution in [2.45, 2.75) is 19.8 Å². The minimum atomic E-state index is -0.812. The molecule has 4 heteroatoms. The maximum Gasteiger partial charge on any atom is 0.308 e. The zero-order chi connectivity index (χ0) is 15.0. The summed E-state index contributed by atoms with van der Waals surface area (Å²) in [5.74, 6) is -1.31. The van der Waals surface area contributed by atoms with Crippen LogP contribution in [0.1, 0.15) is 34.8 Å². The highest BCUT2D eigenvalue weighted by molar-refractivity contribution is 5.95. The van der Waals surface area contributed by atoms with Gasteiger partial charge in [0.15, 0.2) is 0 Å². The van der Waals surface area contributed by atoms with Crippen LogP contribution in [0, 0.1) is 11.8 Å². The molecule has 0 saturated carbocycles. The second-order valence-electron chi connectivity index (χ2n) is 5.99. The second kappa shape index (κ2) is 5.35. The molecule has 1 aromatic carbocycles. The largest absolute Gasteiger partial charge is 0.481 e. The molecule has 4 nitrogen and oxygen atoms in total. The Bertz CT molecular complexity index is 620. The van der Waals surface area contributed by atoms with Gasteiger partial charge in [0.1, 0.15) is 0 Å². The predicted molar refractivity (Wildman–Crippen MR) is 80.0 cm³/mol. The first-order valence-electron chi connectivity index (χ1n) is 7.38. The van der Waals surface area contributed by atoms with Crippen LogP contribution in [0.4, 0.5) is 0 Å². The molecular formula is C17H19NO3. The number of fused-ring (bicyclic) bond motifs is 1. The van der Waals surface area contributed by atoms with Crippen molar-refractivity contribution < 1.29 is 14.7 Å². The number of aryl methyl sites for hydroxylation is 1. The molecule has 1 N–H and O–H groups in total. The van der Waals surface area contributed by atoms with Crippen LogP contribution in [0.15, 0.2) is 24.3 Å². The quantitative estimate of drug-likeness (QED) is 0.908. The molecule has 0 bridgehead atoms. The molecule has 1 aliphatic carbocycles. The number of amides is 1. The highest BCUT2D eigenvalue weighted by Crippen LogP contribution is 2.26. The SMILES string of the molecule is C[C@@H]1CN(C(=O)c2ccc3c(c2)CCC=C3)C[C@H]1C(=O)O. The number of allylic oxidation sites excluding steroid dienone is 1. The van der Waals surface area contributed by atoms with Crippen molar-refractivity contribution in [2.75, 3.05) is 13.1 Å². The summed E-state index contributed by atoms with van der Waals surface area (Å²) >= 11 is 0. The molecule has 0 spiro atoms. The minimum absolute atomic E-state index is 0.00649. The predicted octanol–water partition coefficient (Wildman–Crippen LogP) is 2.44. The molecule has 110 valence electrons. The average molecular weight is 285 g/mol. The van der Waals surface area contributed by atoms with Crippen LogP contribution in [-0.2, 0) is 11.2 Å². The van der Waals surface area contributed by atoms with E-state index in [1.54, 1.807) is 4.90 Å². The lowest BCUT2D eigenvalue weighted by molar-refractivity contribution is -0.142. The lowest BCUT2D eigenvalue weighted by Gasteiger charge is -2.18. The molecule has 0 unspecified atom stereocenters. The minimum Gasteiger partial charge on any atom is -0.481 e. The second-order valence-corrected chi connectivity index (χ2v) is 5.99. The number of carboxylic acid groups (broad SMARTS) is 1. The van der Waals surface area contributed by atoms with Gasteiger partial charge in [-0.1, -0.05) is 25.1 Å². The third-order valence-corrected chi connectivity index (χ3v) is 4.48. The van der Waals surface area contributed by atoms with Gasteiger partial charge in [0.05, 0.1) is 5.92 Å². The number of carbonyl (C=O) groups is 2. The third kappa shape index (κ3) is 2.58. The lowest BCUT2D eigenvalue weighted by Crippen LogP contribution is -2.30. The zero-order valence-electron chi connectivity index (χ0n) is 12.1. The van der Waals surface area contributed by atoms with Crippen LogP contribution in [0.5, 0.6) is 0 Å². The Morgan fingerprint density at radius 2 is 2.10 bits per heavy atom. The first-order valence-corrected chi connectivity index (χ1v) is 7.38. The molecule has 1 fully saturated rings. The summed E-state index contributed by atoms with van der Waals surface area (Å²) in [7, 11) is 0. The van der Waals surface area contributed by atoms with Crippen molar-refractivity contribution in [3.63, 3.8) is 0 Å². The molecule has 0 radical (unpaired) electrons. The van der Waals surface area contributed by atoms with E-state index >= 15 is 0 Å². The molecule has 1 aromatic rings. The van der Waals surface area contributed by atoms with E-state index in [1.807, 2.05) is 25.1 Å². The van der Waals surface area contributed by atoms with E-state index < -0.39 is 11.9 Å². The maximum absolute atomic E-state index is 12.6. The molecule has 2 aliphatic rings. The summed E-state index contributed by atoms with van der Waals surface area (Å²) < 4.78 is 0. The summed E-state index contributed by atoms with van der Waals surface area (Å²) in [5.41, 5.74) is 3.05. The maximum atomic E-state index is 12.6. The van der Waals surface area contributed by atoms with Gasteiger partial charge < -0.3 is 10.0 Å². The number of carbonyl (C=O) groups excluding carboxylic acids is 1. The monoisotopic (exact) mass is 285 g/mol. The van der Waals surface area contributed by atoms with Crippen LogP contribution < -0.4 is 0 Å². The van der Waals surface area contributed by atoms with Gasteiger partial charge in [-0.15, -0.1) is 0 Å². The highest BCUT2D eigenvalue weighted by atomic mass is 16.4. The van der Waals surface area contributed by atoms with Crippen LogP contribution in [-0.4, -0.2) is 35.0 Å². The summed E-state index contributed by atoms with van der Waals surface area (Å²) in [5, 5.41) is 9.17. The van der Waals surface area contributed by atoms with Gasteiger partial charge in [0, 0.05) is 18.7 Å². The third-order valence-electron chi connectivity index (χ3n) is 4.48. The number of likely N-dealkylation sites (tertiary alicyclic amines) is 1. The van der Waals surface area contributed by atoms with Gasteiger partial charge >= 0.3 is 5.97 Å². The number of nitrogens with zero attached hydrogens (tertiary/aromatic N) is 1. The van der Waals surface area contributed by atoms with Gasteiger partial charge in [-0.05, 0) is 42.0 Å². The van der Waals surface area contributed by atoms with Crippen molar-refractivity contribution in [3.8, 4) is 0 Å². The van der Waals surface area contributed by atoms with E-state index in [4.69, 9.17) is 5.11 Å². The number of aliphatic carboxylic acids is 1. The Kier molecular flexibility index (Phi) is 3.53. The van der Waals surface area contributed by atoms with E-state index in [0.717, 1.165) is 12.8 Å². The van der Waals surface area contributed by atoms with Crippen LogP contribution >= 0.6 is 0 Å². The topological polar surface area (TPSA) is 57.6 Å². The molecule has 1 saturated heterocycles. The number of rotatable bonds is 2. The van der Waals surface area contributed by atoms with Gasteiger partial charge in [-0.2, -0.15) is 0 Å². The molecule has 21 heavy (non-hydrogen) atoms. The Hall–Kier alpha value is -2.10. The summed E-state index contributed by atoms with van der Waals surface area (Å²) in [4.78, 5) is 25.4. The molecule has 1 aliphatic heterocycles. The van der Waals surface area contributed by atoms with Gasteiger partial charge in [0.2, 0.25) is 0 Å². The average Bonchev–Trinajstić information content (AvgIpc) is 2.88. The summed E-state index contributed by atoms with van der Waals surface area (Å²) in [6, 6.07) is 5.78. The van der Waals surface area contributed by atoms with Crippen molar-refractivity contribution in [2.24, 2.45) is 11.8 Å². The van der Waals surface area contributed by atoms with Gasteiger partial charge in [0.25, 0.3) is 5.91 Å². The first kappa shape index (κ1) is 13.9. The summed E-state index contributed by atoms with van der Waals surface area (Å²) in [6.45, 7) is 2.73. The van der Waals surface area contributed by atoms with E-state index in [-0.39, 0.29) is 11.8 Å². The van der Waals surface area contributed by atoms with Crippen LogP contribution in [0.3, 0.4) is 0 Å². The zero-order valence-corrected chi connectivity index (χ0v) is 12.1. The van der Waals surface area contributed by atoms with Crippen molar-refractivity contribution in [3.05, 3.63) is 41.0 Å². The molecule has 0 aromatic heterocycles. The first-order chi connectivity index (χ1) is 10.1. The Morgan fingerprint density at radius 3 is 2.81 bits per heavy atom. The Labute approximate surface area is 124 Å². The van der Waals surface area contributed by atoms with E-state index in [1.165, 1.54) is 11.1 Å². The van der Waals surface area contributed by atoms with Gasteiger partial charge in [-0.3, -0.25) is 9.59 Å². The van der Waals surface area contributed by atoms with Crippen LogP contribution in [0.25, 0.3) is 6.08 Å². The van der Waals surface area contributed by atoms with Crippen molar-refractivity contribution in [1.29, 1.82) is 0 Å². The van der Waals surface area contributed by atoms with E-state index in [9.17, 15) is 9.59 Å². The Balaban J connectivity index is 1.80. The number of carboxylic acids is 1. The molecule has 2 atom stereocenters. The number of benzene rings is 1. The Morgan fingerprint density at radius 1 is 1.29 bits per heavy atom. The molecule has 1 amide bonds. The fourth-order valence-corrected chi connectivity index (χ4v) is 3.20. The normalized spacial score (nSPS) is 24.0. The standard InChI is InChI=1S/C17H19NO3/c1-11-9-18(10-15(11)17(20)21)16(19)14-7-6-12-4-2-3-5-13(12)8-14/h2,4,6-8,11,15H,3,5,9-10H2,1H3,(H,20,21)/t11-,15-/m1/s1. The number of hydrogen-bond acceptors (Lipinski definition) is 2. The fourth-order valence-electron chi connectivity index (χ4n) is 3.20. The molecule has 3 rings (SSSR count). The van der Waals surface area contributed by atoms with Crippen LogP contribution in [0.2, 0.25) is 0 Å². The molecular weight excluding hydrogens is 266 g/mol.